The molecule has 0 N–H and O–H groups in total. The van der Waals surface area contributed by atoms with E-state index in [1.165, 1.54) is 0 Å². The number of halogens is 3. The van der Waals surface area contributed by atoms with Crippen molar-refractivity contribution < 1.29 is 22.7 Å². The zero-order chi connectivity index (χ0) is 11.3. The Morgan fingerprint density at radius 2 is 2.13 bits per heavy atom. The molecule has 1 aliphatic rings. The topological polar surface area (TPSA) is 26.3 Å². The number of hydrogen-bond acceptors (Lipinski definition) is 2. The monoisotopic (exact) mass is 224 g/mol. The van der Waals surface area contributed by atoms with E-state index >= 15 is 0 Å². The van der Waals surface area contributed by atoms with Crippen LogP contribution in [0.1, 0.15) is 38.5 Å². The van der Waals surface area contributed by atoms with E-state index in [2.05, 4.69) is 0 Å². The standard InChI is InChI=1S/C10H15F3O2/c11-10(12,13)5-1-3-8(14)7-9-4-2-6-15-9/h9H,1-7H2. The highest BCUT2D eigenvalue weighted by molar-refractivity contribution is 5.78. The van der Waals surface area contributed by atoms with Gasteiger partial charge >= 0.3 is 6.18 Å². The Morgan fingerprint density at radius 1 is 1.40 bits per heavy atom. The van der Waals surface area contributed by atoms with Gasteiger partial charge in [-0.1, -0.05) is 0 Å². The molecule has 0 aromatic heterocycles. The molecule has 0 spiro atoms. The summed E-state index contributed by atoms with van der Waals surface area (Å²) in [5, 5.41) is 0. The first kappa shape index (κ1) is 12.5. The molecule has 0 aromatic rings. The van der Waals surface area contributed by atoms with Crippen LogP contribution in [0.4, 0.5) is 13.2 Å². The van der Waals surface area contributed by atoms with Crippen molar-refractivity contribution in [2.45, 2.75) is 50.8 Å². The average Bonchev–Trinajstić information content (AvgIpc) is 2.54. The molecule has 2 nitrogen and oxygen atoms in total. The number of hydrogen-bond donors (Lipinski definition) is 0. The first-order chi connectivity index (χ1) is 6.97. The molecule has 1 rings (SSSR count). The molecule has 0 aromatic carbocycles. The van der Waals surface area contributed by atoms with Gasteiger partial charge in [0.25, 0.3) is 0 Å². The number of ether oxygens (including phenoxy) is 1. The van der Waals surface area contributed by atoms with Crippen LogP contribution in [0.5, 0.6) is 0 Å². The molecule has 1 fully saturated rings. The van der Waals surface area contributed by atoms with Crippen LogP contribution in [0.25, 0.3) is 0 Å². The van der Waals surface area contributed by atoms with E-state index in [4.69, 9.17) is 4.74 Å². The molecule has 1 heterocycles. The third kappa shape index (κ3) is 5.77. The zero-order valence-electron chi connectivity index (χ0n) is 8.48. The van der Waals surface area contributed by atoms with Crippen molar-refractivity contribution in [1.82, 2.24) is 0 Å². The summed E-state index contributed by atoms with van der Waals surface area (Å²) < 4.78 is 40.6. The first-order valence-corrected chi connectivity index (χ1v) is 5.17. The van der Waals surface area contributed by atoms with Gasteiger partial charge in [-0.05, 0) is 19.3 Å². The van der Waals surface area contributed by atoms with Gasteiger partial charge in [0, 0.05) is 25.9 Å². The Labute approximate surface area is 86.8 Å². The molecule has 0 saturated carbocycles. The van der Waals surface area contributed by atoms with Crippen LogP contribution in [0.15, 0.2) is 0 Å². The predicted molar refractivity (Wildman–Crippen MR) is 48.5 cm³/mol. The quantitative estimate of drug-likeness (QED) is 0.717. The van der Waals surface area contributed by atoms with Crippen molar-refractivity contribution in [2.24, 2.45) is 0 Å². The number of carbonyl (C=O) groups excluding carboxylic acids is 1. The largest absolute Gasteiger partial charge is 0.389 e. The Morgan fingerprint density at radius 3 is 2.67 bits per heavy atom. The smallest absolute Gasteiger partial charge is 0.378 e. The molecule has 0 aliphatic carbocycles. The maximum Gasteiger partial charge on any atom is 0.389 e. The number of rotatable bonds is 5. The van der Waals surface area contributed by atoms with Gasteiger partial charge in [-0.2, -0.15) is 13.2 Å². The summed E-state index contributed by atoms with van der Waals surface area (Å²) in [5.74, 6) is -0.119. The minimum Gasteiger partial charge on any atom is -0.378 e. The Bertz CT molecular complexity index is 207. The van der Waals surface area contributed by atoms with Crippen molar-refractivity contribution in [3.8, 4) is 0 Å². The van der Waals surface area contributed by atoms with E-state index in [1.54, 1.807) is 0 Å². The minimum atomic E-state index is -4.15. The molecule has 88 valence electrons. The van der Waals surface area contributed by atoms with Crippen molar-refractivity contribution in [2.75, 3.05) is 6.61 Å². The number of Topliss-reactive ketones (excluding diaryl/α,β-unsaturated/α-hetero) is 1. The van der Waals surface area contributed by atoms with Crippen molar-refractivity contribution in [3.63, 3.8) is 0 Å². The normalized spacial score (nSPS) is 21.9. The van der Waals surface area contributed by atoms with Crippen LogP contribution < -0.4 is 0 Å². The molecule has 0 bridgehead atoms. The van der Waals surface area contributed by atoms with Crippen LogP contribution in [-0.2, 0) is 9.53 Å². The third-order valence-corrected chi connectivity index (χ3v) is 2.40. The fourth-order valence-corrected chi connectivity index (χ4v) is 1.65. The lowest BCUT2D eigenvalue weighted by atomic mass is 10.1. The highest BCUT2D eigenvalue weighted by Gasteiger charge is 2.27. The van der Waals surface area contributed by atoms with E-state index in [0.717, 1.165) is 12.8 Å². The highest BCUT2D eigenvalue weighted by Crippen LogP contribution is 2.23. The van der Waals surface area contributed by atoms with Crippen LogP contribution in [0.3, 0.4) is 0 Å². The number of carbonyl (C=O) groups is 1. The fourth-order valence-electron chi connectivity index (χ4n) is 1.65. The molecule has 1 atom stereocenters. The molecule has 15 heavy (non-hydrogen) atoms. The summed E-state index contributed by atoms with van der Waals surface area (Å²) in [6.07, 6.45) is -3.09. The van der Waals surface area contributed by atoms with E-state index in [1.807, 2.05) is 0 Å². The summed E-state index contributed by atoms with van der Waals surface area (Å²) in [5.41, 5.74) is 0. The van der Waals surface area contributed by atoms with E-state index < -0.39 is 12.6 Å². The summed E-state index contributed by atoms with van der Waals surface area (Å²) in [6, 6.07) is 0. The predicted octanol–water partition coefficient (Wildman–Crippen LogP) is 2.86. The molecule has 1 aliphatic heterocycles. The van der Waals surface area contributed by atoms with Crippen LogP contribution in [-0.4, -0.2) is 24.7 Å². The molecular formula is C10H15F3O2. The number of ketones is 1. The van der Waals surface area contributed by atoms with Gasteiger partial charge in [0.05, 0.1) is 6.10 Å². The lowest BCUT2D eigenvalue weighted by molar-refractivity contribution is -0.137. The van der Waals surface area contributed by atoms with Crippen molar-refractivity contribution >= 4 is 5.78 Å². The molecule has 1 unspecified atom stereocenters. The fraction of sp³-hybridized carbons (Fsp3) is 0.900. The lowest BCUT2D eigenvalue weighted by Crippen LogP contribution is -2.13. The molecule has 0 amide bonds. The van der Waals surface area contributed by atoms with E-state index in [9.17, 15) is 18.0 Å². The highest BCUT2D eigenvalue weighted by atomic mass is 19.4. The van der Waals surface area contributed by atoms with Gasteiger partial charge in [0.15, 0.2) is 0 Å². The second-order valence-electron chi connectivity index (χ2n) is 3.85. The van der Waals surface area contributed by atoms with Gasteiger partial charge in [0.1, 0.15) is 5.78 Å². The van der Waals surface area contributed by atoms with Gasteiger partial charge in [-0.25, -0.2) is 0 Å². The molecule has 0 radical (unpaired) electrons. The van der Waals surface area contributed by atoms with Crippen molar-refractivity contribution in [3.05, 3.63) is 0 Å². The second kappa shape index (κ2) is 5.49. The maximum atomic E-state index is 11.8. The number of alkyl halides is 3. The minimum absolute atomic E-state index is 0.0133. The summed E-state index contributed by atoms with van der Waals surface area (Å²) in [4.78, 5) is 11.2. The summed E-state index contributed by atoms with van der Waals surface area (Å²) in [7, 11) is 0. The van der Waals surface area contributed by atoms with E-state index in [0.29, 0.717) is 6.61 Å². The van der Waals surface area contributed by atoms with Crippen LogP contribution >= 0.6 is 0 Å². The van der Waals surface area contributed by atoms with Gasteiger partial charge < -0.3 is 4.74 Å². The van der Waals surface area contributed by atoms with Gasteiger partial charge in [-0.3, -0.25) is 4.79 Å². The average molecular weight is 224 g/mol. The van der Waals surface area contributed by atoms with Gasteiger partial charge in [-0.15, -0.1) is 0 Å². The Balaban J connectivity index is 2.08. The first-order valence-electron chi connectivity index (χ1n) is 5.17. The zero-order valence-corrected chi connectivity index (χ0v) is 8.48. The maximum absolute atomic E-state index is 11.8. The molecule has 1 saturated heterocycles. The van der Waals surface area contributed by atoms with E-state index in [-0.39, 0.29) is 31.1 Å². The Hall–Kier alpha value is -0.580. The van der Waals surface area contributed by atoms with Gasteiger partial charge in [0.2, 0.25) is 0 Å². The van der Waals surface area contributed by atoms with Crippen LogP contribution in [0, 0.1) is 0 Å². The van der Waals surface area contributed by atoms with Crippen LogP contribution in [0.2, 0.25) is 0 Å². The SMILES string of the molecule is O=C(CCCC(F)(F)F)CC1CCCO1. The van der Waals surface area contributed by atoms with Crippen molar-refractivity contribution in [1.29, 1.82) is 0 Å². The molecule has 5 heteroatoms. The summed E-state index contributed by atoms with van der Waals surface area (Å²) in [6.45, 7) is 0.667. The summed E-state index contributed by atoms with van der Waals surface area (Å²) >= 11 is 0. The lowest BCUT2D eigenvalue weighted by Gasteiger charge is -2.08. The third-order valence-electron chi connectivity index (χ3n) is 2.40. The molecular weight excluding hydrogens is 209 g/mol. The Kier molecular flexibility index (Phi) is 4.57. The second-order valence-corrected chi connectivity index (χ2v) is 3.85.